The smallest absolute Gasteiger partial charge is 0.124 e. The van der Waals surface area contributed by atoms with Crippen molar-refractivity contribution in [2.75, 3.05) is 11.9 Å². The van der Waals surface area contributed by atoms with Gasteiger partial charge in [-0.15, -0.1) is 0 Å². The minimum Gasteiger partial charge on any atom is -0.384 e. The summed E-state index contributed by atoms with van der Waals surface area (Å²) in [6.45, 7) is 6.50. The van der Waals surface area contributed by atoms with E-state index in [-0.39, 0.29) is 5.84 Å². The van der Waals surface area contributed by atoms with Crippen LogP contribution in [0.25, 0.3) is 0 Å². The average Bonchev–Trinajstić information content (AvgIpc) is 2.26. The van der Waals surface area contributed by atoms with Crippen molar-refractivity contribution in [3.63, 3.8) is 0 Å². The first-order valence-electron chi connectivity index (χ1n) is 5.71. The van der Waals surface area contributed by atoms with E-state index < -0.39 is 0 Å². The SMILES string of the molecule is CC(C)C(C)N(C)c1ccc(Cl)cc1C(=N)N. The number of nitrogens with one attached hydrogen (secondary N) is 1. The second-order valence-corrected chi connectivity index (χ2v) is 5.11. The normalized spacial score (nSPS) is 12.6. The van der Waals surface area contributed by atoms with Gasteiger partial charge in [-0.3, -0.25) is 5.41 Å². The van der Waals surface area contributed by atoms with E-state index in [1.54, 1.807) is 6.07 Å². The fourth-order valence-corrected chi connectivity index (χ4v) is 1.87. The minimum atomic E-state index is 0.0466. The highest BCUT2D eigenvalue weighted by Crippen LogP contribution is 2.26. The van der Waals surface area contributed by atoms with Gasteiger partial charge in [0, 0.05) is 29.4 Å². The Bertz CT molecular complexity index is 415. The zero-order valence-electron chi connectivity index (χ0n) is 10.8. The van der Waals surface area contributed by atoms with Gasteiger partial charge < -0.3 is 10.6 Å². The molecule has 3 nitrogen and oxygen atoms in total. The van der Waals surface area contributed by atoms with Crippen LogP contribution in [-0.4, -0.2) is 18.9 Å². The molecule has 0 aliphatic rings. The van der Waals surface area contributed by atoms with E-state index in [0.29, 0.717) is 22.5 Å². The number of nitrogens with zero attached hydrogens (tertiary/aromatic N) is 1. The fraction of sp³-hybridized carbons (Fsp3) is 0.462. The second kappa shape index (κ2) is 5.41. The molecule has 1 aromatic carbocycles. The number of rotatable bonds is 4. The van der Waals surface area contributed by atoms with Crippen LogP contribution in [0.1, 0.15) is 26.3 Å². The molecular weight excluding hydrogens is 234 g/mol. The van der Waals surface area contributed by atoms with Gasteiger partial charge in [-0.25, -0.2) is 0 Å². The third-order valence-corrected chi connectivity index (χ3v) is 3.44. The Kier molecular flexibility index (Phi) is 4.40. The zero-order chi connectivity index (χ0) is 13.2. The van der Waals surface area contributed by atoms with Crippen molar-refractivity contribution in [3.8, 4) is 0 Å². The van der Waals surface area contributed by atoms with Gasteiger partial charge in [0.15, 0.2) is 0 Å². The quantitative estimate of drug-likeness (QED) is 0.640. The summed E-state index contributed by atoms with van der Waals surface area (Å²) >= 11 is 5.94. The first-order valence-corrected chi connectivity index (χ1v) is 6.09. The summed E-state index contributed by atoms with van der Waals surface area (Å²) in [5.41, 5.74) is 7.23. The van der Waals surface area contributed by atoms with Crippen LogP contribution in [0.5, 0.6) is 0 Å². The molecule has 0 saturated heterocycles. The van der Waals surface area contributed by atoms with Crippen LogP contribution in [0.4, 0.5) is 5.69 Å². The molecule has 0 spiro atoms. The van der Waals surface area contributed by atoms with Crippen LogP contribution in [0, 0.1) is 11.3 Å². The van der Waals surface area contributed by atoms with Crippen molar-refractivity contribution >= 4 is 23.1 Å². The fourth-order valence-electron chi connectivity index (χ4n) is 1.70. The average molecular weight is 254 g/mol. The Morgan fingerprint density at radius 2 is 1.94 bits per heavy atom. The van der Waals surface area contributed by atoms with Crippen LogP contribution in [0.3, 0.4) is 0 Å². The second-order valence-electron chi connectivity index (χ2n) is 4.67. The van der Waals surface area contributed by atoms with Crippen molar-refractivity contribution < 1.29 is 0 Å². The van der Waals surface area contributed by atoms with Gasteiger partial charge in [-0.1, -0.05) is 25.4 Å². The number of halogens is 1. The summed E-state index contributed by atoms with van der Waals surface area (Å²) in [5.74, 6) is 0.570. The number of benzene rings is 1. The van der Waals surface area contributed by atoms with Gasteiger partial charge in [0.1, 0.15) is 5.84 Å². The molecule has 3 N–H and O–H groups in total. The molecule has 17 heavy (non-hydrogen) atoms. The minimum absolute atomic E-state index is 0.0466. The Labute approximate surface area is 108 Å². The summed E-state index contributed by atoms with van der Waals surface area (Å²) in [6.07, 6.45) is 0. The first-order chi connectivity index (χ1) is 7.84. The lowest BCUT2D eigenvalue weighted by Gasteiger charge is -2.31. The van der Waals surface area contributed by atoms with E-state index in [1.807, 2.05) is 19.2 Å². The van der Waals surface area contributed by atoms with Gasteiger partial charge in [0.25, 0.3) is 0 Å². The molecule has 0 heterocycles. The predicted molar refractivity (Wildman–Crippen MR) is 75.2 cm³/mol. The highest BCUT2D eigenvalue weighted by atomic mass is 35.5. The topological polar surface area (TPSA) is 53.1 Å². The van der Waals surface area contributed by atoms with Crippen LogP contribution in [0.2, 0.25) is 5.02 Å². The number of amidine groups is 1. The lowest BCUT2D eigenvalue weighted by molar-refractivity contribution is 0.505. The Balaban J connectivity index is 3.17. The third kappa shape index (κ3) is 3.13. The maximum absolute atomic E-state index is 7.61. The summed E-state index contributed by atoms with van der Waals surface area (Å²) in [5, 5.41) is 8.21. The highest BCUT2D eigenvalue weighted by molar-refractivity contribution is 6.31. The molecule has 4 heteroatoms. The highest BCUT2D eigenvalue weighted by Gasteiger charge is 2.17. The van der Waals surface area contributed by atoms with Crippen LogP contribution < -0.4 is 10.6 Å². The lowest BCUT2D eigenvalue weighted by Crippen LogP contribution is -2.34. The number of hydrogen-bond acceptors (Lipinski definition) is 2. The van der Waals surface area contributed by atoms with E-state index in [4.69, 9.17) is 22.7 Å². The predicted octanol–water partition coefficient (Wildman–Crippen LogP) is 3.10. The van der Waals surface area contributed by atoms with Crippen molar-refractivity contribution in [1.82, 2.24) is 0 Å². The summed E-state index contributed by atoms with van der Waals surface area (Å²) < 4.78 is 0. The Morgan fingerprint density at radius 1 is 1.35 bits per heavy atom. The molecule has 0 aliphatic carbocycles. The molecule has 0 saturated carbocycles. The lowest BCUT2D eigenvalue weighted by atomic mass is 10.0. The molecule has 0 aromatic heterocycles. The van der Waals surface area contributed by atoms with Crippen molar-refractivity contribution in [3.05, 3.63) is 28.8 Å². The van der Waals surface area contributed by atoms with E-state index in [1.165, 1.54) is 0 Å². The number of hydrogen-bond donors (Lipinski definition) is 2. The molecule has 0 aliphatic heterocycles. The van der Waals surface area contributed by atoms with Gasteiger partial charge in [-0.05, 0) is 31.0 Å². The van der Waals surface area contributed by atoms with Crippen molar-refractivity contribution in [2.45, 2.75) is 26.8 Å². The van der Waals surface area contributed by atoms with Crippen molar-refractivity contribution in [1.29, 1.82) is 5.41 Å². The van der Waals surface area contributed by atoms with E-state index in [2.05, 4.69) is 25.7 Å². The van der Waals surface area contributed by atoms with Gasteiger partial charge in [0.05, 0.1) is 0 Å². The standard InChI is InChI=1S/C13H20ClN3/c1-8(2)9(3)17(4)12-6-5-10(14)7-11(12)13(15)16/h5-9H,1-4H3,(H3,15,16). The molecule has 1 rings (SSSR count). The maximum Gasteiger partial charge on any atom is 0.124 e. The summed E-state index contributed by atoms with van der Waals surface area (Å²) in [7, 11) is 2.01. The monoisotopic (exact) mass is 253 g/mol. The molecule has 1 aromatic rings. The van der Waals surface area contributed by atoms with Crippen LogP contribution in [-0.2, 0) is 0 Å². The molecule has 0 fully saturated rings. The zero-order valence-corrected chi connectivity index (χ0v) is 11.5. The maximum atomic E-state index is 7.61. The van der Waals surface area contributed by atoms with Gasteiger partial charge in [-0.2, -0.15) is 0 Å². The van der Waals surface area contributed by atoms with Crippen molar-refractivity contribution in [2.24, 2.45) is 11.7 Å². The molecule has 1 unspecified atom stereocenters. The molecule has 94 valence electrons. The first kappa shape index (κ1) is 13.8. The molecule has 0 amide bonds. The number of nitrogen functional groups attached to an aromatic ring is 1. The Hall–Kier alpha value is -1.22. The van der Waals surface area contributed by atoms with Gasteiger partial charge >= 0.3 is 0 Å². The number of anilines is 1. The number of nitrogens with two attached hydrogens (primary N) is 1. The summed E-state index contributed by atoms with van der Waals surface area (Å²) in [6, 6.07) is 5.85. The van der Waals surface area contributed by atoms with E-state index in [9.17, 15) is 0 Å². The van der Waals surface area contributed by atoms with Crippen LogP contribution in [0.15, 0.2) is 18.2 Å². The van der Waals surface area contributed by atoms with Crippen LogP contribution >= 0.6 is 11.6 Å². The van der Waals surface area contributed by atoms with E-state index >= 15 is 0 Å². The van der Waals surface area contributed by atoms with Gasteiger partial charge in [0.2, 0.25) is 0 Å². The van der Waals surface area contributed by atoms with E-state index in [0.717, 1.165) is 5.69 Å². The third-order valence-electron chi connectivity index (χ3n) is 3.20. The largest absolute Gasteiger partial charge is 0.384 e. The molecule has 1 atom stereocenters. The summed E-state index contributed by atoms with van der Waals surface area (Å²) in [4.78, 5) is 2.14. The molecular formula is C13H20ClN3. The molecule has 0 radical (unpaired) electrons. The molecule has 0 bridgehead atoms. The Morgan fingerprint density at radius 3 is 2.41 bits per heavy atom.